The molecule has 0 rings (SSSR count). The van der Waals surface area contributed by atoms with Gasteiger partial charge in [0.15, 0.2) is 6.29 Å². The van der Waals surface area contributed by atoms with E-state index in [1.54, 1.807) is 6.92 Å². The molecular weight excluding hydrogens is 156 g/mol. The molecule has 0 aliphatic rings. The van der Waals surface area contributed by atoms with Crippen molar-refractivity contribution in [2.24, 2.45) is 0 Å². The number of hydrogen-bond donors (Lipinski definition) is 1. The average Bonchev–Trinajstić information content (AvgIpc) is 2.09. The largest absolute Gasteiger partial charge is 0.396 e. The molecule has 0 saturated heterocycles. The Balaban J connectivity index is 3.09. The third kappa shape index (κ3) is 7.55. The minimum atomic E-state index is -0.250. The van der Waals surface area contributed by atoms with E-state index in [0.717, 1.165) is 12.8 Å². The van der Waals surface area contributed by atoms with Crippen molar-refractivity contribution < 1.29 is 14.6 Å². The van der Waals surface area contributed by atoms with Crippen molar-refractivity contribution in [1.82, 2.24) is 0 Å². The summed E-state index contributed by atoms with van der Waals surface area (Å²) in [4.78, 5) is 0. The molecular formula is C9H16O3. The van der Waals surface area contributed by atoms with Crippen LogP contribution in [0.2, 0.25) is 0 Å². The van der Waals surface area contributed by atoms with Crippen LogP contribution in [0.3, 0.4) is 0 Å². The van der Waals surface area contributed by atoms with Crippen LogP contribution >= 0.6 is 0 Å². The van der Waals surface area contributed by atoms with E-state index in [-0.39, 0.29) is 19.5 Å². The third-order valence-corrected chi connectivity index (χ3v) is 1.31. The van der Waals surface area contributed by atoms with Crippen molar-refractivity contribution in [2.75, 3.05) is 19.8 Å². The molecule has 0 radical (unpaired) electrons. The molecule has 1 atom stereocenters. The van der Waals surface area contributed by atoms with Crippen LogP contribution in [0, 0.1) is 12.3 Å². The molecule has 12 heavy (non-hydrogen) atoms. The average molecular weight is 172 g/mol. The normalized spacial score (nSPS) is 12.4. The zero-order chi connectivity index (χ0) is 9.23. The van der Waals surface area contributed by atoms with Crippen LogP contribution < -0.4 is 0 Å². The maximum atomic E-state index is 8.46. The van der Waals surface area contributed by atoms with Crippen LogP contribution in [0.1, 0.15) is 19.8 Å². The molecule has 0 amide bonds. The van der Waals surface area contributed by atoms with Gasteiger partial charge < -0.3 is 14.6 Å². The first-order chi connectivity index (χ1) is 5.81. The predicted molar refractivity (Wildman–Crippen MR) is 46.5 cm³/mol. The summed E-state index contributed by atoms with van der Waals surface area (Å²) < 4.78 is 10.3. The number of hydrogen-bond acceptors (Lipinski definition) is 3. The van der Waals surface area contributed by atoms with Crippen LogP contribution in [0.25, 0.3) is 0 Å². The lowest BCUT2D eigenvalue weighted by molar-refractivity contribution is -0.121. The van der Waals surface area contributed by atoms with E-state index in [0.29, 0.717) is 6.61 Å². The van der Waals surface area contributed by atoms with Gasteiger partial charge in [0, 0.05) is 13.2 Å². The summed E-state index contributed by atoms with van der Waals surface area (Å²) in [6.45, 7) is 2.90. The molecule has 0 aromatic carbocycles. The van der Waals surface area contributed by atoms with Crippen molar-refractivity contribution in [3.63, 3.8) is 0 Å². The zero-order valence-corrected chi connectivity index (χ0v) is 7.45. The second kappa shape index (κ2) is 8.54. The second-order valence-corrected chi connectivity index (χ2v) is 2.38. The molecule has 1 N–H and O–H groups in total. The van der Waals surface area contributed by atoms with Crippen LogP contribution in [0.5, 0.6) is 0 Å². The van der Waals surface area contributed by atoms with Crippen LogP contribution in [-0.4, -0.2) is 31.2 Å². The molecule has 3 nitrogen and oxygen atoms in total. The van der Waals surface area contributed by atoms with E-state index in [4.69, 9.17) is 21.0 Å². The van der Waals surface area contributed by atoms with Gasteiger partial charge in [0.1, 0.15) is 6.61 Å². The molecule has 0 aliphatic heterocycles. The van der Waals surface area contributed by atoms with Gasteiger partial charge in [-0.25, -0.2) is 0 Å². The Kier molecular flexibility index (Phi) is 8.14. The topological polar surface area (TPSA) is 38.7 Å². The lowest BCUT2D eigenvalue weighted by Gasteiger charge is -2.11. The number of ether oxygens (including phenoxy) is 2. The molecule has 70 valence electrons. The Hall–Kier alpha value is -0.560. The minimum absolute atomic E-state index is 0.211. The number of aliphatic hydroxyl groups excluding tert-OH is 1. The van der Waals surface area contributed by atoms with Crippen LogP contribution in [0.15, 0.2) is 0 Å². The molecule has 0 aromatic rings. The number of terminal acetylenes is 1. The quantitative estimate of drug-likeness (QED) is 0.350. The highest BCUT2D eigenvalue weighted by atomic mass is 16.7. The highest BCUT2D eigenvalue weighted by Crippen LogP contribution is 1.96. The second-order valence-electron chi connectivity index (χ2n) is 2.38. The summed E-state index contributed by atoms with van der Waals surface area (Å²) in [6, 6.07) is 0. The Bertz CT molecular complexity index is 128. The monoisotopic (exact) mass is 172 g/mol. The van der Waals surface area contributed by atoms with E-state index in [2.05, 4.69) is 5.92 Å². The summed E-state index contributed by atoms with van der Waals surface area (Å²) in [5.74, 6) is 2.36. The first-order valence-electron chi connectivity index (χ1n) is 4.08. The molecule has 0 heterocycles. The predicted octanol–water partition coefficient (Wildman–Crippen LogP) is 0.771. The van der Waals surface area contributed by atoms with Gasteiger partial charge in [0.25, 0.3) is 0 Å². The summed E-state index contributed by atoms with van der Waals surface area (Å²) in [5, 5.41) is 8.46. The molecule has 0 saturated carbocycles. The molecule has 1 unspecified atom stereocenters. The fourth-order valence-electron chi connectivity index (χ4n) is 0.677. The van der Waals surface area contributed by atoms with Gasteiger partial charge in [-0.15, -0.1) is 6.42 Å². The van der Waals surface area contributed by atoms with E-state index >= 15 is 0 Å². The summed E-state index contributed by atoms with van der Waals surface area (Å²) in [5.41, 5.74) is 0. The van der Waals surface area contributed by atoms with Gasteiger partial charge in [0.05, 0.1) is 0 Å². The lowest BCUT2D eigenvalue weighted by atomic mass is 10.3. The minimum Gasteiger partial charge on any atom is -0.396 e. The number of aliphatic hydroxyl groups is 1. The lowest BCUT2D eigenvalue weighted by Crippen LogP contribution is -2.14. The molecule has 3 heteroatoms. The van der Waals surface area contributed by atoms with Gasteiger partial charge >= 0.3 is 0 Å². The Morgan fingerprint density at radius 2 is 2.17 bits per heavy atom. The Morgan fingerprint density at radius 3 is 2.75 bits per heavy atom. The van der Waals surface area contributed by atoms with Crippen LogP contribution in [-0.2, 0) is 9.47 Å². The van der Waals surface area contributed by atoms with Gasteiger partial charge in [-0.1, -0.05) is 5.92 Å². The van der Waals surface area contributed by atoms with Gasteiger partial charge in [0.2, 0.25) is 0 Å². The number of rotatable bonds is 7. The molecule has 0 fully saturated rings. The molecule has 0 aromatic heterocycles. The van der Waals surface area contributed by atoms with E-state index in [1.807, 2.05) is 0 Å². The maximum Gasteiger partial charge on any atom is 0.156 e. The Labute approximate surface area is 73.7 Å². The zero-order valence-electron chi connectivity index (χ0n) is 7.45. The molecule has 0 aliphatic carbocycles. The maximum absolute atomic E-state index is 8.46. The third-order valence-electron chi connectivity index (χ3n) is 1.31. The summed E-state index contributed by atoms with van der Waals surface area (Å²) >= 11 is 0. The molecule has 0 spiro atoms. The first kappa shape index (κ1) is 11.4. The SMILES string of the molecule is C#CCOC(C)OCCCCO. The van der Waals surface area contributed by atoms with E-state index in [9.17, 15) is 0 Å². The highest BCUT2D eigenvalue weighted by molar-refractivity contribution is 4.82. The van der Waals surface area contributed by atoms with Gasteiger partial charge in [-0.05, 0) is 19.8 Å². The number of unbranched alkanes of at least 4 members (excludes halogenated alkanes) is 1. The first-order valence-corrected chi connectivity index (χ1v) is 4.08. The fourth-order valence-corrected chi connectivity index (χ4v) is 0.677. The standard InChI is InChI=1S/C9H16O3/c1-3-7-11-9(2)12-8-5-4-6-10/h1,9-10H,4-8H2,2H3. The van der Waals surface area contributed by atoms with Crippen molar-refractivity contribution in [1.29, 1.82) is 0 Å². The van der Waals surface area contributed by atoms with Crippen molar-refractivity contribution in [3.05, 3.63) is 0 Å². The van der Waals surface area contributed by atoms with E-state index in [1.165, 1.54) is 0 Å². The Morgan fingerprint density at radius 1 is 1.42 bits per heavy atom. The summed E-state index contributed by atoms with van der Waals surface area (Å²) in [7, 11) is 0. The van der Waals surface area contributed by atoms with Gasteiger partial charge in [-0.3, -0.25) is 0 Å². The van der Waals surface area contributed by atoms with Crippen molar-refractivity contribution in [2.45, 2.75) is 26.1 Å². The summed E-state index contributed by atoms with van der Waals surface area (Å²) in [6.07, 6.45) is 6.35. The van der Waals surface area contributed by atoms with E-state index < -0.39 is 0 Å². The van der Waals surface area contributed by atoms with Crippen LogP contribution in [0.4, 0.5) is 0 Å². The fraction of sp³-hybridized carbons (Fsp3) is 0.778. The van der Waals surface area contributed by atoms with Gasteiger partial charge in [-0.2, -0.15) is 0 Å². The highest BCUT2D eigenvalue weighted by Gasteiger charge is 1.99. The smallest absolute Gasteiger partial charge is 0.156 e. The van der Waals surface area contributed by atoms with Crippen molar-refractivity contribution in [3.8, 4) is 12.3 Å². The van der Waals surface area contributed by atoms with Crippen molar-refractivity contribution >= 4 is 0 Å². The molecule has 0 bridgehead atoms.